The normalized spacial score (nSPS) is 17.7. The highest BCUT2D eigenvalue weighted by atomic mass is 16.5. The van der Waals surface area contributed by atoms with Crippen LogP contribution in [0.25, 0.3) is 0 Å². The molecule has 1 aliphatic heterocycles. The molecule has 0 bridgehead atoms. The van der Waals surface area contributed by atoms with Crippen molar-refractivity contribution in [2.24, 2.45) is 5.73 Å². The summed E-state index contributed by atoms with van der Waals surface area (Å²) >= 11 is 0. The molecule has 0 amide bonds. The van der Waals surface area contributed by atoms with Gasteiger partial charge in [0.15, 0.2) is 0 Å². The second-order valence-corrected chi connectivity index (χ2v) is 6.72. The molecular formula is C19H26N4O2. The van der Waals surface area contributed by atoms with Crippen molar-refractivity contribution < 1.29 is 4.74 Å². The van der Waals surface area contributed by atoms with Crippen LogP contribution in [0.4, 0.5) is 5.69 Å². The number of aromatic nitrogens is 2. The van der Waals surface area contributed by atoms with Crippen molar-refractivity contribution in [3.05, 3.63) is 57.5 Å². The van der Waals surface area contributed by atoms with Gasteiger partial charge in [-0.25, -0.2) is 4.68 Å². The van der Waals surface area contributed by atoms with Crippen LogP contribution in [-0.4, -0.2) is 42.1 Å². The first-order valence-corrected chi connectivity index (χ1v) is 8.76. The van der Waals surface area contributed by atoms with Gasteiger partial charge in [0.25, 0.3) is 5.56 Å². The summed E-state index contributed by atoms with van der Waals surface area (Å²) in [5, 5.41) is 4.38. The fourth-order valence-corrected chi connectivity index (χ4v) is 3.36. The van der Waals surface area contributed by atoms with Gasteiger partial charge in [0, 0.05) is 19.2 Å². The highest BCUT2D eigenvalue weighted by Crippen LogP contribution is 2.16. The number of nitrogens with two attached hydrogens (primary N) is 1. The van der Waals surface area contributed by atoms with Gasteiger partial charge in [0.1, 0.15) is 0 Å². The molecule has 0 spiro atoms. The van der Waals surface area contributed by atoms with E-state index in [-0.39, 0.29) is 11.7 Å². The van der Waals surface area contributed by atoms with Crippen LogP contribution in [-0.2, 0) is 11.3 Å². The molecule has 1 aromatic carbocycles. The molecule has 1 aliphatic rings. The second-order valence-electron chi connectivity index (χ2n) is 6.72. The Balaban J connectivity index is 1.75. The highest BCUT2D eigenvalue weighted by molar-refractivity contribution is 5.43. The largest absolute Gasteiger partial charge is 0.374 e. The molecule has 1 unspecified atom stereocenters. The summed E-state index contributed by atoms with van der Waals surface area (Å²) in [6.45, 7) is 7.38. The first kappa shape index (κ1) is 17.6. The van der Waals surface area contributed by atoms with E-state index in [0.717, 1.165) is 30.8 Å². The van der Waals surface area contributed by atoms with Gasteiger partial charge in [-0.15, -0.1) is 0 Å². The number of hydrogen-bond acceptors (Lipinski definition) is 5. The number of rotatable bonds is 5. The van der Waals surface area contributed by atoms with Crippen LogP contribution in [0, 0.1) is 13.8 Å². The number of benzene rings is 1. The molecule has 2 aromatic rings. The molecule has 134 valence electrons. The van der Waals surface area contributed by atoms with E-state index in [1.54, 1.807) is 12.3 Å². The lowest BCUT2D eigenvalue weighted by Crippen LogP contribution is -2.43. The summed E-state index contributed by atoms with van der Waals surface area (Å²) in [6.07, 6.45) is 2.72. The standard InChI is InChI=1S/C19H26N4O2/c1-14-7-15(2)9-16(8-14)12-23-19(24)10-17(11-21-23)22-5-6-25-18(13-22)3-4-20/h7-11,18H,3-6,12-13,20H2,1-2H3. The Morgan fingerprint density at radius 2 is 2.00 bits per heavy atom. The van der Waals surface area contributed by atoms with Crippen LogP contribution in [0.1, 0.15) is 23.1 Å². The SMILES string of the molecule is Cc1cc(C)cc(Cn2ncc(N3CCOC(CCN)C3)cc2=O)c1. The average molecular weight is 342 g/mol. The number of anilines is 1. The van der Waals surface area contributed by atoms with Gasteiger partial charge in [-0.05, 0) is 32.4 Å². The average Bonchev–Trinajstić information content (AvgIpc) is 2.56. The highest BCUT2D eigenvalue weighted by Gasteiger charge is 2.20. The molecule has 1 aromatic heterocycles. The van der Waals surface area contributed by atoms with Crippen molar-refractivity contribution in [2.75, 3.05) is 31.1 Å². The Morgan fingerprint density at radius 3 is 2.68 bits per heavy atom. The predicted octanol–water partition coefficient (Wildman–Crippen LogP) is 1.46. The zero-order chi connectivity index (χ0) is 17.8. The Kier molecular flexibility index (Phi) is 5.50. The zero-order valence-electron chi connectivity index (χ0n) is 14.9. The third-order valence-electron chi connectivity index (χ3n) is 4.46. The number of hydrogen-bond donors (Lipinski definition) is 1. The van der Waals surface area contributed by atoms with E-state index in [1.807, 2.05) is 0 Å². The van der Waals surface area contributed by atoms with E-state index >= 15 is 0 Å². The Hall–Kier alpha value is -2.18. The van der Waals surface area contributed by atoms with Gasteiger partial charge < -0.3 is 15.4 Å². The molecular weight excluding hydrogens is 316 g/mol. The molecule has 3 rings (SSSR count). The molecule has 6 heteroatoms. The van der Waals surface area contributed by atoms with Gasteiger partial charge in [-0.1, -0.05) is 29.3 Å². The van der Waals surface area contributed by atoms with E-state index in [1.165, 1.54) is 15.8 Å². The van der Waals surface area contributed by atoms with E-state index in [9.17, 15) is 4.79 Å². The van der Waals surface area contributed by atoms with Crippen molar-refractivity contribution in [3.8, 4) is 0 Å². The van der Waals surface area contributed by atoms with Crippen LogP contribution in [0.3, 0.4) is 0 Å². The Labute approximate surface area is 148 Å². The van der Waals surface area contributed by atoms with Crippen molar-refractivity contribution in [1.82, 2.24) is 9.78 Å². The lowest BCUT2D eigenvalue weighted by atomic mass is 10.1. The maximum absolute atomic E-state index is 12.5. The number of morpholine rings is 1. The smallest absolute Gasteiger partial charge is 0.269 e. The lowest BCUT2D eigenvalue weighted by Gasteiger charge is -2.34. The molecule has 2 N–H and O–H groups in total. The van der Waals surface area contributed by atoms with Crippen LogP contribution < -0.4 is 16.2 Å². The minimum Gasteiger partial charge on any atom is -0.374 e. The summed E-state index contributed by atoms with van der Waals surface area (Å²) in [6, 6.07) is 7.97. The summed E-state index contributed by atoms with van der Waals surface area (Å²) < 4.78 is 7.21. The van der Waals surface area contributed by atoms with Crippen LogP contribution in [0.5, 0.6) is 0 Å². The number of aryl methyl sites for hydroxylation is 2. The van der Waals surface area contributed by atoms with Gasteiger partial charge in [-0.3, -0.25) is 4.79 Å². The zero-order valence-corrected chi connectivity index (χ0v) is 14.9. The quantitative estimate of drug-likeness (QED) is 0.891. The maximum Gasteiger partial charge on any atom is 0.269 e. The minimum absolute atomic E-state index is 0.0847. The summed E-state index contributed by atoms with van der Waals surface area (Å²) in [5.74, 6) is 0. The molecule has 0 saturated carbocycles. The van der Waals surface area contributed by atoms with Crippen LogP contribution in [0.2, 0.25) is 0 Å². The minimum atomic E-state index is -0.0847. The van der Waals surface area contributed by atoms with Crippen molar-refractivity contribution in [3.63, 3.8) is 0 Å². The van der Waals surface area contributed by atoms with Gasteiger partial charge in [-0.2, -0.15) is 5.10 Å². The third-order valence-corrected chi connectivity index (χ3v) is 4.46. The first-order chi connectivity index (χ1) is 12.0. The molecule has 1 atom stereocenters. The van der Waals surface area contributed by atoms with E-state index in [0.29, 0.717) is 19.7 Å². The van der Waals surface area contributed by atoms with E-state index in [2.05, 4.69) is 42.0 Å². The summed E-state index contributed by atoms with van der Waals surface area (Å²) in [7, 11) is 0. The molecule has 25 heavy (non-hydrogen) atoms. The predicted molar refractivity (Wildman–Crippen MR) is 99.1 cm³/mol. The second kappa shape index (κ2) is 7.80. The number of ether oxygens (including phenoxy) is 1. The molecule has 2 heterocycles. The number of nitrogens with zero attached hydrogens (tertiary/aromatic N) is 3. The van der Waals surface area contributed by atoms with Crippen molar-refractivity contribution in [1.29, 1.82) is 0 Å². The van der Waals surface area contributed by atoms with Gasteiger partial charge in [0.05, 0.1) is 31.1 Å². The fraction of sp³-hybridized carbons (Fsp3) is 0.474. The van der Waals surface area contributed by atoms with Gasteiger partial charge in [0.2, 0.25) is 0 Å². The van der Waals surface area contributed by atoms with E-state index in [4.69, 9.17) is 10.5 Å². The van der Waals surface area contributed by atoms with Crippen molar-refractivity contribution >= 4 is 5.69 Å². The van der Waals surface area contributed by atoms with Crippen LogP contribution in [0.15, 0.2) is 35.3 Å². The van der Waals surface area contributed by atoms with E-state index < -0.39 is 0 Å². The van der Waals surface area contributed by atoms with Crippen LogP contribution >= 0.6 is 0 Å². The Morgan fingerprint density at radius 1 is 1.24 bits per heavy atom. The first-order valence-electron chi connectivity index (χ1n) is 8.76. The molecule has 0 aliphatic carbocycles. The molecule has 1 saturated heterocycles. The summed E-state index contributed by atoms with van der Waals surface area (Å²) in [4.78, 5) is 14.6. The fourth-order valence-electron chi connectivity index (χ4n) is 3.36. The molecule has 0 radical (unpaired) electrons. The topological polar surface area (TPSA) is 73.4 Å². The summed E-state index contributed by atoms with van der Waals surface area (Å²) in [5.41, 5.74) is 9.87. The maximum atomic E-state index is 12.5. The Bertz CT molecular complexity index is 765. The molecule has 6 nitrogen and oxygen atoms in total. The third kappa shape index (κ3) is 4.46. The monoisotopic (exact) mass is 342 g/mol. The lowest BCUT2D eigenvalue weighted by molar-refractivity contribution is 0.0368. The molecule has 1 fully saturated rings. The van der Waals surface area contributed by atoms with Gasteiger partial charge >= 0.3 is 0 Å². The van der Waals surface area contributed by atoms with Crippen molar-refractivity contribution in [2.45, 2.75) is 32.9 Å².